The number of fused-ring (bicyclic) bond motifs is 1. The van der Waals surface area contributed by atoms with Gasteiger partial charge in [-0.3, -0.25) is 4.74 Å². The molecule has 0 saturated heterocycles. The number of hydrogen-bond acceptors (Lipinski definition) is 2. The maximum Gasteiger partial charge on any atom is 0.522 e. The molecule has 2 aromatic carbocycles. The van der Waals surface area contributed by atoms with Gasteiger partial charge in [-0.25, -0.2) is 0 Å². The van der Waals surface area contributed by atoms with E-state index in [0.717, 1.165) is 16.3 Å². The first-order valence-corrected chi connectivity index (χ1v) is 5.76. The molecule has 0 N–H and O–H groups in total. The number of ether oxygens (including phenoxy) is 2. The number of rotatable bonds is 4. The fraction of sp³-hybridized carbons (Fsp3) is 0.286. The van der Waals surface area contributed by atoms with Gasteiger partial charge in [0.15, 0.2) is 0 Å². The van der Waals surface area contributed by atoms with Crippen molar-refractivity contribution in [1.29, 1.82) is 0 Å². The topological polar surface area (TPSA) is 18.5 Å². The van der Waals surface area contributed by atoms with Crippen molar-refractivity contribution >= 4 is 10.8 Å². The molecule has 0 amide bonds. The predicted octanol–water partition coefficient (Wildman–Crippen LogP) is 3.93. The minimum Gasteiger partial charge on any atom is -0.497 e. The smallest absolute Gasteiger partial charge is 0.497 e. The quantitative estimate of drug-likeness (QED) is 0.838. The van der Waals surface area contributed by atoms with Crippen LogP contribution in [0.1, 0.15) is 5.56 Å². The van der Waals surface area contributed by atoms with Crippen molar-refractivity contribution in [3.8, 4) is 5.75 Å². The van der Waals surface area contributed by atoms with Crippen LogP contribution in [0.5, 0.6) is 5.75 Å². The average molecular weight is 270 g/mol. The molecule has 102 valence electrons. The summed E-state index contributed by atoms with van der Waals surface area (Å²) in [6, 6.07) is 11.0. The first kappa shape index (κ1) is 13.7. The van der Waals surface area contributed by atoms with Crippen LogP contribution in [0.4, 0.5) is 13.2 Å². The molecule has 0 fully saturated rings. The average Bonchev–Trinajstić information content (AvgIpc) is 2.37. The first-order chi connectivity index (χ1) is 8.99. The Kier molecular flexibility index (Phi) is 3.95. The molecule has 0 atom stereocenters. The lowest BCUT2D eigenvalue weighted by molar-refractivity contribution is -0.324. The molecule has 0 bridgehead atoms. The summed E-state index contributed by atoms with van der Waals surface area (Å²) >= 11 is 0. The van der Waals surface area contributed by atoms with Gasteiger partial charge in [-0.05, 0) is 34.9 Å². The Bertz CT molecular complexity index is 564. The van der Waals surface area contributed by atoms with E-state index in [1.807, 2.05) is 30.3 Å². The van der Waals surface area contributed by atoms with Crippen LogP contribution in [0, 0.1) is 0 Å². The van der Waals surface area contributed by atoms with E-state index in [1.54, 1.807) is 13.2 Å². The van der Waals surface area contributed by atoms with Crippen molar-refractivity contribution in [2.45, 2.75) is 12.8 Å². The van der Waals surface area contributed by atoms with Gasteiger partial charge < -0.3 is 4.74 Å². The molecule has 0 radical (unpaired) electrons. The van der Waals surface area contributed by atoms with Crippen molar-refractivity contribution in [3.05, 3.63) is 42.0 Å². The SMILES string of the molecule is COc1ccc2cccc(CCOC(F)(F)F)c2c1. The summed E-state index contributed by atoms with van der Waals surface area (Å²) in [5, 5.41) is 1.85. The molecule has 0 aliphatic heterocycles. The summed E-state index contributed by atoms with van der Waals surface area (Å²) in [7, 11) is 1.55. The molecular formula is C14H13F3O2. The Labute approximate surface area is 108 Å². The third-order valence-corrected chi connectivity index (χ3v) is 2.82. The lowest BCUT2D eigenvalue weighted by Crippen LogP contribution is -2.15. The van der Waals surface area contributed by atoms with E-state index in [4.69, 9.17) is 4.74 Å². The summed E-state index contributed by atoms with van der Waals surface area (Å²) in [5.41, 5.74) is 0.806. The number of benzene rings is 2. The van der Waals surface area contributed by atoms with Crippen molar-refractivity contribution in [3.63, 3.8) is 0 Å². The van der Waals surface area contributed by atoms with Crippen LogP contribution < -0.4 is 4.74 Å². The molecule has 0 aliphatic rings. The van der Waals surface area contributed by atoms with Gasteiger partial charge in [0.2, 0.25) is 0 Å². The Morgan fingerprint density at radius 2 is 1.89 bits per heavy atom. The highest BCUT2D eigenvalue weighted by molar-refractivity contribution is 5.87. The van der Waals surface area contributed by atoms with Crippen molar-refractivity contribution < 1.29 is 22.6 Å². The van der Waals surface area contributed by atoms with Gasteiger partial charge in [0.1, 0.15) is 5.75 Å². The molecule has 5 heteroatoms. The van der Waals surface area contributed by atoms with Crippen LogP contribution in [0.2, 0.25) is 0 Å². The molecule has 2 nitrogen and oxygen atoms in total. The minimum atomic E-state index is -4.58. The molecule has 19 heavy (non-hydrogen) atoms. The third-order valence-electron chi connectivity index (χ3n) is 2.82. The van der Waals surface area contributed by atoms with Gasteiger partial charge >= 0.3 is 6.36 Å². The highest BCUT2D eigenvalue weighted by Crippen LogP contribution is 2.25. The fourth-order valence-electron chi connectivity index (χ4n) is 1.94. The zero-order valence-corrected chi connectivity index (χ0v) is 10.3. The molecule has 0 aromatic heterocycles. The molecule has 0 heterocycles. The van der Waals surface area contributed by atoms with Crippen molar-refractivity contribution in [1.82, 2.24) is 0 Å². The van der Waals surface area contributed by atoms with E-state index < -0.39 is 6.36 Å². The van der Waals surface area contributed by atoms with Gasteiger partial charge in [0, 0.05) is 0 Å². The largest absolute Gasteiger partial charge is 0.522 e. The minimum absolute atomic E-state index is 0.198. The second kappa shape index (κ2) is 5.48. The van der Waals surface area contributed by atoms with Gasteiger partial charge in [-0.15, -0.1) is 13.2 Å². The maximum atomic E-state index is 11.9. The van der Waals surface area contributed by atoms with Crippen molar-refractivity contribution in [2.24, 2.45) is 0 Å². The monoisotopic (exact) mass is 270 g/mol. The Hall–Kier alpha value is -1.75. The molecule has 2 rings (SSSR count). The second-order valence-corrected chi connectivity index (χ2v) is 4.05. The molecule has 0 aliphatic carbocycles. The first-order valence-electron chi connectivity index (χ1n) is 5.76. The maximum absolute atomic E-state index is 11.9. The Balaban J connectivity index is 2.22. The van der Waals surface area contributed by atoms with Gasteiger partial charge in [-0.1, -0.05) is 24.3 Å². The van der Waals surface area contributed by atoms with Crippen LogP contribution >= 0.6 is 0 Å². The molecule has 0 unspecified atom stereocenters. The number of alkyl halides is 3. The van der Waals surface area contributed by atoms with Crippen LogP contribution in [0.25, 0.3) is 10.8 Å². The summed E-state index contributed by atoms with van der Waals surface area (Å²) < 4.78 is 44.8. The molecule has 0 spiro atoms. The number of halogens is 3. The molecule has 0 saturated carbocycles. The highest BCUT2D eigenvalue weighted by Gasteiger charge is 2.28. The van der Waals surface area contributed by atoms with Gasteiger partial charge in [-0.2, -0.15) is 0 Å². The fourth-order valence-corrected chi connectivity index (χ4v) is 1.94. The zero-order chi connectivity index (χ0) is 13.9. The highest BCUT2D eigenvalue weighted by atomic mass is 19.4. The van der Waals surface area contributed by atoms with Crippen LogP contribution in [0.3, 0.4) is 0 Å². The summed E-state index contributed by atoms with van der Waals surface area (Å²) in [4.78, 5) is 0. The van der Waals surface area contributed by atoms with Crippen LogP contribution in [-0.4, -0.2) is 20.1 Å². The summed E-state index contributed by atoms with van der Waals surface area (Å²) in [6.45, 7) is -0.389. The predicted molar refractivity (Wildman–Crippen MR) is 66.2 cm³/mol. The molecular weight excluding hydrogens is 257 g/mol. The van der Waals surface area contributed by atoms with E-state index >= 15 is 0 Å². The van der Waals surface area contributed by atoms with Gasteiger partial charge in [0.05, 0.1) is 13.7 Å². The number of methoxy groups -OCH3 is 1. The Morgan fingerprint density at radius 1 is 1.11 bits per heavy atom. The van der Waals surface area contributed by atoms with Crippen molar-refractivity contribution in [2.75, 3.05) is 13.7 Å². The second-order valence-electron chi connectivity index (χ2n) is 4.05. The lowest BCUT2D eigenvalue weighted by Gasteiger charge is -2.10. The summed E-state index contributed by atoms with van der Waals surface area (Å²) in [5.74, 6) is 0.677. The number of hydrogen-bond donors (Lipinski definition) is 0. The Morgan fingerprint density at radius 3 is 2.58 bits per heavy atom. The van der Waals surface area contributed by atoms with Gasteiger partial charge in [0.25, 0.3) is 0 Å². The summed E-state index contributed by atoms with van der Waals surface area (Å²) in [6.07, 6.45) is -4.38. The van der Waals surface area contributed by atoms with E-state index in [-0.39, 0.29) is 13.0 Å². The van der Waals surface area contributed by atoms with E-state index in [1.165, 1.54) is 0 Å². The third kappa shape index (κ3) is 3.61. The zero-order valence-electron chi connectivity index (χ0n) is 10.3. The standard InChI is InChI=1S/C14H13F3O2/c1-18-12-6-5-10-3-2-4-11(13(10)9-12)7-8-19-14(15,16)17/h2-6,9H,7-8H2,1H3. The van der Waals surface area contributed by atoms with E-state index in [2.05, 4.69) is 4.74 Å². The lowest BCUT2D eigenvalue weighted by atomic mass is 10.0. The van der Waals surface area contributed by atoms with E-state index in [9.17, 15) is 13.2 Å². The van der Waals surface area contributed by atoms with Crippen LogP contribution in [0.15, 0.2) is 36.4 Å². The van der Waals surface area contributed by atoms with E-state index in [0.29, 0.717) is 5.75 Å². The normalized spacial score (nSPS) is 11.8. The van der Waals surface area contributed by atoms with Crippen LogP contribution in [-0.2, 0) is 11.2 Å². The molecule has 2 aromatic rings.